The summed E-state index contributed by atoms with van der Waals surface area (Å²) in [5.41, 5.74) is 12.8. The number of hydrogen-bond acceptors (Lipinski definition) is 2. The van der Waals surface area contributed by atoms with E-state index in [4.69, 9.17) is 9.97 Å². The molecule has 10 aromatic rings. The monoisotopic (exact) mass is 663 g/mol. The van der Waals surface area contributed by atoms with Crippen molar-refractivity contribution >= 4 is 54.3 Å². The molecule has 0 bridgehead atoms. The molecule has 0 unspecified atom stereocenters. The Bertz CT molecular complexity index is 3100. The van der Waals surface area contributed by atoms with Crippen LogP contribution in [0.2, 0.25) is 0 Å². The number of benzene rings is 8. The molecule has 52 heavy (non-hydrogen) atoms. The zero-order chi connectivity index (χ0) is 34.6. The van der Waals surface area contributed by atoms with Crippen molar-refractivity contribution < 1.29 is 0 Å². The molecule has 0 spiro atoms. The first-order valence-electron chi connectivity index (χ1n) is 18.0. The Kier molecular flexibility index (Phi) is 6.01. The maximum Gasteiger partial charge on any atom is 0.235 e. The predicted molar refractivity (Wildman–Crippen MR) is 217 cm³/mol. The van der Waals surface area contributed by atoms with Gasteiger partial charge in [0.1, 0.15) is 0 Å². The molecule has 0 radical (unpaired) electrons. The first-order chi connectivity index (χ1) is 25.6. The van der Waals surface area contributed by atoms with Crippen molar-refractivity contribution in [3.8, 4) is 39.5 Å². The van der Waals surface area contributed by atoms with Gasteiger partial charge in [-0.3, -0.25) is 4.57 Å². The second-order valence-corrected chi connectivity index (χ2v) is 14.5. The SMILES string of the molecule is CC1(C)c2ccccc2-c2c(-c3cccc4c5c6ccccc6c6ccccc6c5n(-c5nc(-c6ccccc6)c6ccccc6n5)c34)cccc21. The van der Waals surface area contributed by atoms with Gasteiger partial charge in [0, 0.05) is 38.1 Å². The molecule has 0 saturated carbocycles. The van der Waals surface area contributed by atoms with E-state index in [2.05, 4.69) is 182 Å². The molecule has 2 aromatic heterocycles. The lowest BCUT2D eigenvalue weighted by Crippen LogP contribution is -2.14. The van der Waals surface area contributed by atoms with Crippen LogP contribution in [0.4, 0.5) is 0 Å². The van der Waals surface area contributed by atoms with Gasteiger partial charge in [0.05, 0.1) is 22.2 Å². The van der Waals surface area contributed by atoms with Crippen LogP contribution in [0.15, 0.2) is 164 Å². The van der Waals surface area contributed by atoms with E-state index < -0.39 is 0 Å². The highest BCUT2D eigenvalue weighted by molar-refractivity contribution is 6.33. The van der Waals surface area contributed by atoms with Crippen molar-refractivity contribution in [1.29, 1.82) is 0 Å². The minimum atomic E-state index is -0.110. The highest BCUT2D eigenvalue weighted by atomic mass is 15.2. The van der Waals surface area contributed by atoms with Gasteiger partial charge >= 0.3 is 0 Å². The summed E-state index contributed by atoms with van der Waals surface area (Å²) < 4.78 is 2.37. The van der Waals surface area contributed by atoms with Gasteiger partial charge in [0.15, 0.2) is 0 Å². The third kappa shape index (κ3) is 3.91. The van der Waals surface area contributed by atoms with E-state index in [9.17, 15) is 0 Å². The summed E-state index contributed by atoms with van der Waals surface area (Å²) >= 11 is 0. The predicted octanol–water partition coefficient (Wildman–Crippen LogP) is 12.7. The summed E-state index contributed by atoms with van der Waals surface area (Å²) in [4.78, 5) is 10.9. The largest absolute Gasteiger partial charge is 0.277 e. The van der Waals surface area contributed by atoms with Crippen molar-refractivity contribution in [3.63, 3.8) is 0 Å². The van der Waals surface area contributed by atoms with Gasteiger partial charge in [-0.2, -0.15) is 0 Å². The molecule has 0 atom stereocenters. The highest BCUT2D eigenvalue weighted by Gasteiger charge is 2.37. The summed E-state index contributed by atoms with van der Waals surface area (Å²) in [7, 11) is 0. The van der Waals surface area contributed by atoms with E-state index in [-0.39, 0.29) is 5.41 Å². The molecule has 1 aliphatic carbocycles. The Labute approximate surface area is 301 Å². The second-order valence-electron chi connectivity index (χ2n) is 14.5. The Balaban J connectivity index is 1.37. The molecule has 0 saturated heterocycles. The molecule has 0 amide bonds. The summed E-state index contributed by atoms with van der Waals surface area (Å²) in [6.45, 7) is 4.71. The third-order valence-electron chi connectivity index (χ3n) is 11.4. The number of nitrogens with zero attached hydrogens (tertiary/aromatic N) is 3. The normalized spacial score (nSPS) is 13.3. The Hall–Kier alpha value is -6.58. The van der Waals surface area contributed by atoms with E-state index in [1.54, 1.807) is 0 Å². The standard InChI is InChI=1S/C49H33N3/c1-49(2)40-27-12-10-22-37(40)43-34(24-15-28-41(43)49)36-25-14-26-39-44-33-20-8-6-18-31(33)32-19-7-9-21-35(32)47(44)52(46(36)39)48-50-42-29-13-11-23-38(42)45(51-48)30-16-4-3-5-17-30/h3-29H,1-2H3. The number of hydrogen-bond donors (Lipinski definition) is 0. The van der Waals surface area contributed by atoms with E-state index in [0.29, 0.717) is 5.95 Å². The minimum absolute atomic E-state index is 0.110. The Morgan fingerprint density at radius 3 is 1.83 bits per heavy atom. The average molecular weight is 664 g/mol. The van der Waals surface area contributed by atoms with Crippen LogP contribution in [0.3, 0.4) is 0 Å². The fourth-order valence-electron chi connectivity index (χ4n) is 9.10. The van der Waals surface area contributed by atoms with Crippen LogP contribution in [-0.2, 0) is 5.41 Å². The molecule has 3 heteroatoms. The summed E-state index contributed by atoms with van der Waals surface area (Å²) in [5, 5.41) is 8.32. The van der Waals surface area contributed by atoms with Gasteiger partial charge in [-0.25, -0.2) is 9.97 Å². The zero-order valence-electron chi connectivity index (χ0n) is 28.9. The van der Waals surface area contributed by atoms with Gasteiger partial charge in [-0.05, 0) is 50.0 Å². The molecule has 0 N–H and O–H groups in total. The van der Waals surface area contributed by atoms with E-state index in [1.165, 1.54) is 65.7 Å². The van der Waals surface area contributed by atoms with Gasteiger partial charge in [0.25, 0.3) is 0 Å². The Morgan fingerprint density at radius 2 is 1.00 bits per heavy atom. The van der Waals surface area contributed by atoms with Crippen LogP contribution in [0.1, 0.15) is 25.0 Å². The minimum Gasteiger partial charge on any atom is -0.277 e. The van der Waals surface area contributed by atoms with Gasteiger partial charge < -0.3 is 0 Å². The fourth-order valence-corrected chi connectivity index (χ4v) is 9.10. The molecule has 8 aromatic carbocycles. The number of fused-ring (bicyclic) bond motifs is 12. The molecule has 11 rings (SSSR count). The lowest BCUT2D eigenvalue weighted by molar-refractivity contribution is 0.660. The summed E-state index contributed by atoms with van der Waals surface area (Å²) in [5.74, 6) is 0.666. The zero-order valence-corrected chi connectivity index (χ0v) is 28.9. The maximum absolute atomic E-state index is 5.52. The van der Waals surface area contributed by atoms with Crippen LogP contribution in [0, 0.1) is 0 Å². The van der Waals surface area contributed by atoms with Crippen LogP contribution < -0.4 is 0 Å². The second kappa shape index (κ2) is 10.7. The third-order valence-corrected chi connectivity index (χ3v) is 11.4. The molecule has 1 aliphatic rings. The van der Waals surface area contributed by atoms with Crippen molar-refractivity contribution in [2.24, 2.45) is 0 Å². The first kappa shape index (κ1) is 29.2. The van der Waals surface area contributed by atoms with Crippen LogP contribution >= 0.6 is 0 Å². The Morgan fingerprint density at radius 1 is 0.423 bits per heavy atom. The maximum atomic E-state index is 5.52. The van der Waals surface area contributed by atoms with Gasteiger partial charge in [-0.15, -0.1) is 0 Å². The van der Waals surface area contributed by atoms with E-state index >= 15 is 0 Å². The van der Waals surface area contributed by atoms with Crippen LogP contribution in [0.25, 0.3) is 93.7 Å². The molecular formula is C49H33N3. The molecule has 2 heterocycles. The van der Waals surface area contributed by atoms with E-state index in [1.807, 2.05) is 0 Å². The highest BCUT2D eigenvalue weighted by Crippen LogP contribution is 2.53. The van der Waals surface area contributed by atoms with Crippen LogP contribution in [0.5, 0.6) is 0 Å². The van der Waals surface area contributed by atoms with Crippen molar-refractivity contribution in [2.45, 2.75) is 19.3 Å². The van der Waals surface area contributed by atoms with Gasteiger partial charge in [-0.1, -0.05) is 172 Å². The van der Waals surface area contributed by atoms with Gasteiger partial charge in [0.2, 0.25) is 5.95 Å². The molecule has 244 valence electrons. The van der Waals surface area contributed by atoms with E-state index in [0.717, 1.165) is 33.2 Å². The van der Waals surface area contributed by atoms with Crippen molar-refractivity contribution in [1.82, 2.24) is 14.5 Å². The average Bonchev–Trinajstić information content (AvgIpc) is 3.68. The van der Waals surface area contributed by atoms with Crippen molar-refractivity contribution in [3.05, 3.63) is 175 Å². The summed E-state index contributed by atoms with van der Waals surface area (Å²) in [6, 6.07) is 59.1. The molecular weight excluding hydrogens is 631 g/mol. The van der Waals surface area contributed by atoms with Crippen LogP contribution in [-0.4, -0.2) is 14.5 Å². The molecule has 0 fully saturated rings. The lowest BCUT2D eigenvalue weighted by atomic mass is 9.82. The lowest BCUT2D eigenvalue weighted by Gasteiger charge is -2.21. The first-order valence-corrected chi connectivity index (χ1v) is 18.0. The number of rotatable bonds is 3. The van der Waals surface area contributed by atoms with Crippen molar-refractivity contribution in [2.75, 3.05) is 0 Å². The molecule has 3 nitrogen and oxygen atoms in total. The quantitative estimate of drug-likeness (QED) is 0.176. The smallest absolute Gasteiger partial charge is 0.235 e. The summed E-state index contributed by atoms with van der Waals surface area (Å²) in [6.07, 6.45) is 0. The fraction of sp³-hybridized carbons (Fsp3) is 0.0612. The molecule has 0 aliphatic heterocycles. The number of para-hydroxylation sites is 2. The number of aromatic nitrogens is 3. The topological polar surface area (TPSA) is 30.7 Å².